The predicted octanol–water partition coefficient (Wildman–Crippen LogP) is 5.30. The van der Waals surface area contributed by atoms with Crippen LogP contribution < -0.4 is 0 Å². The number of aryl methyl sites for hydroxylation is 1. The Bertz CT molecular complexity index is 1250. The summed E-state index contributed by atoms with van der Waals surface area (Å²) in [6.45, 7) is 4.57. The highest BCUT2D eigenvalue weighted by Gasteiger charge is 2.36. The summed E-state index contributed by atoms with van der Waals surface area (Å²) in [5.41, 5.74) is 4.30. The number of amides is 2. The molecule has 162 valence electrons. The van der Waals surface area contributed by atoms with Crippen molar-refractivity contribution in [2.75, 3.05) is 0 Å². The Labute approximate surface area is 189 Å². The zero-order valence-electron chi connectivity index (χ0n) is 17.6. The van der Waals surface area contributed by atoms with E-state index in [4.69, 9.17) is 0 Å². The van der Waals surface area contributed by atoms with Crippen molar-refractivity contribution in [1.29, 1.82) is 0 Å². The van der Waals surface area contributed by atoms with Gasteiger partial charge in [-0.05, 0) is 48.9 Å². The molecule has 1 saturated heterocycles. The highest BCUT2D eigenvalue weighted by Crippen LogP contribution is 2.35. The molecule has 0 atom stereocenters. The molecule has 1 aromatic heterocycles. The van der Waals surface area contributed by atoms with Crippen LogP contribution in [0.4, 0.5) is 10.5 Å². The first-order valence-electron chi connectivity index (χ1n) is 10.0. The van der Waals surface area contributed by atoms with Crippen LogP contribution in [0.5, 0.6) is 0 Å². The van der Waals surface area contributed by atoms with Crippen molar-refractivity contribution in [3.8, 4) is 0 Å². The van der Waals surface area contributed by atoms with Gasteiger partial charge in [-0.25, -0.2) is 0 Å². The maximum Gasteiger partial charge on any atom is 0.293 e. The van der Waals surface area contributed by atoms with Crippen molar-refractivity contribution in [2.24, 2.45) is 0 Å². The molecule has 1 aliphatic rings. The normalized spacial score (nSPS) is 15.1. The molecular formula is C24H21N3O4S. The van der Waals surface area contributed by atoms with E-state index < -0.39 is 16.1 Å². The summed E-state index contributed by atoms with van der Waals surface area (Å²) in [6, 6.07) is 18.2. The van der Waals surface area contributed by atoms with Crippen LogP contribution in [-0.2, 0) is 17.9 Å². The van der Waals surface area contributed by atoms with Gasteiger partial charge in [-0.15, -0.1) is 0 Å². The van der Waals surface area contributed by atoms with Crippen LogP contribution in [0.25, 0.3) is 6.08 Å². The molecule has 1 fully saturated rings. The molecule has 1 aliphatic heterocycles. The summed E-state index contributed by atoms with van der Waals surface area (Å²) >= 11 is 0.857. The minimum atomic E-state index is -0.508. The number of nitro groups is 1. The van der Waals surface area contributed by atoms with Crippen LogP contribution in [0, 0.1) is 24.0 Å². The fraction of sp³-hybridized carbons (Fsp3) is 0.167. The Kier molecular flexibility index (Phi) is 5.96. The number of thioether (sulfide) groups is 1. The summed E-state index contributed by atoms with van der Waals surface area (Å²) in [6.07, 6.45) is 1.73. The number of nitro benzene ring substituents is 1. The lowest BCUT2D eigenvalue weighted by atomic mass is 10.1. The number of carbonyl (C=O) groups is 2. The van der Waals surface area contributed by atoms with E-state index in [9.17, 15) is 19.7 Å². The summed E-state index contributed by atoms with van der Waals surface area (Å²) in [7, 11) is 0. The van der Waals surface area contributed by atoms with Crippen molar-refractivity contribution in [3.05, 3.63) is 104 Å². The van der Waals surface area contributed by atoms with Gasteiger partial charge < -0.3 is 4.57 Å². The fourth-order valence-electron chi connectivity index (χ4n) is 3.75. The first kappa shape index (κ1) is 21.6. The van der Waals surface area contributed by atoms with E-state index in [1.54, 1.807) is 24.3 Å². The molecule has 0 saturated carbocycles. The summed E-state index contributed by atoms with van der Waals surface area (Å²) in [4.78, 5) is 37.6. The Balaban J connectivity index is 1.59. The number of carbonyl (C=O) groups excluding carboxylic acids is 2. The van der Waals surface area contributed by atoms with Gasteiger partial charge in [-0.2, -0.15) is 0 Å². The minimum absolute atomic E-state index is 0.111. The van der Waals surface area contributed by atoms with Gasteiger partial charge in [-0.1, -0.05) is 48.5 Å². The van der Waals surface area contributed by atoms with E-state index in [0.29, 0.717) is 17.0 Å². The Morgan fingerprint density at radius 2 is 1.69 bits per heavy atom. The number of rotatable bonds is 6. The fourth-order valence-corrected chi connectivity index (χ4v) is 4.58. The van der Waals surface area contributed by atoms with Crippen LogP contribution in [0.1, 0.15) is 28.1 Å². The second kappa shape index (κ2) is 8.84. The monoisotopic (exact) mass is 447 g/mol. The van der Waals surface area contributed by atoms with E-state index in [2.05, 4.69) is 16.7 Å². The van der Waals surface area contributed by atoms with E-state index in [-0.39, 0.29) is 12.2 Å². The second-order valence-corrected chi connectivity index (χ2v) is 8.55. The van der Waals surface area contributed by atoms with Crippen molar-refractivity contribution in [3.63, 3.8) is 0 Å². The molecule has 2 amide bonds. The quantitative estimate of drug-likeness (QED) is 0.291. The highest BCUT2D eigenvalue weighted by atomic mass is 32.2. The second-order valence-electron chi connectivity index (χ2n) is 7.55. The number of aromatic nitrogens is 1. The number of para-hydroxylation sites is 1. The van der Waals surface area contributed by atoms with Gasteiger partial charge in [0.05, 0.1) is 16.4 Å². The SMILES string of the molecule is Cc1cc(/C=C2\SC(=O)N(Cc3ccccc3[N+](=O)[O-])C2=O)c(C)n1Cc1ccccc1. The number of imide groups is 1. The van der Waals surface area contributed by atoms with E-state index in [1.807, 2.05) is 38.1 Å². The third kappa shape index (κ3) is 4.22. The number of hydrogen-bond donors (Lipinski definition) is 0. The van der Waals surface area contributed by atoms with E-state index in [0.717, 1.165) is 33.6 Å². The number of hydrogen-bond acceptors (Lipinski definition) is 5. The zero-order chi connectivity index (χ0) is 22.8. The van der Waals surface area contributed by atoms with Crippen molar-refractivity contribution in [1.82, 2.24) is 9.47 Å². The van der Waals surface area contributed by atoms with Crippen LogP contribution in [0.15, 0.2) is 65.6 Å². The topological polar surface area (TPSA) is 85.5 Å². The van der Waals surface area contributed by atoms with Gasteiger partial charge in [0, 0.05) is 29.6 Å². The predicted molar refractivity (Wildman–Crippen MR) is 124 cm³/mol. The molecule has 0 bridgehead atoms. The molecule has 7 nitrogen and oxygen atoms in total. The molecular weight excluding hydrogens is 426 g/mol. The van der Waals surface area contributed by atoms with E-state index in [1.165, 1.54) is 11.6 Å². The van der Waals surface area contributed by atoms with Gasteiger partial charge in [0.1, 0.15) is 0 Å². The lowest BCUT2D eigenvalue weighted by Gasteiger charge is -2.12. The van der Waals surface area contributed by atoms with Crippen LogP contribution in [-0.4, -0.2) is 25.5 Å². The van der Waals surface area contributed by atoms with Crippen LogP contribution >= 0.6 is 11.8 Å². The molecule has 2 aromatic carbocycles. The van der Waals surface area contributed by atoms with Gasteiger partial charge in [-0.3, -0.25) is 24.6 Å². The summed E-state index contributed by atoms with van der Waals surface area (Å²) in [5, 5.41) is 10.8. The zero-order valence-corrected chi connectivity index (χ0v) is 18.5. The summed E-state index contributed by atoms with van der Waals surface area (Å²) < 4.78 is 2.17. The van der Waals surface area contributed by atoms with Crippen LogP contribution in [0.3, 0.4) is 0 Å². The molecule has 3 aromatic rings. The standard InChI is InChI=1S/C24H21N3O4S/c1-16-12-20(17(2)25(16)14-18-8-4-3-5-9-18)13-22-23(28)26(24(29)32-22)15-19-10-6-7-11-21(19)27(30)31/h3-13H,14-15H2,1-2H3/b22-13-. The van der Waals surface area contributed by atoms with Gasteiger partial charge >= 0.3 is 0 Å². The van der Waals surface area contributed by atoms with E-state index >= 15 is 0 Å². The third-order valence-corrected chi connectivity index (χ3v) is 6.38. The number of benzene rings is 2. The average molecular weight is 448 g/mol. The third-order valence-electron chi connectivity index (χ3n) is 5.47. The highest BCUT2D eigenvalue weighted by molar-refractivity contribution is 8.18. The lowest BCUT2D eigenvalue weighted by Crippen LogP contribution is -2.27. The Morgan fingerprint density at radius 3 is 2.41 bits per heavy atom. The van der Waals surface area contributed by atoms with Crippen molar-refractivity contribution in [2.45, 2.75) is 26.9 Å². The molecule has 32 heavy (non-hydrogen) atoms. The molecule has 0 unspecified atom stereocenters. The first-order valence-corrected chi connectivity index (χ1v) is 10.8. The van der Waals surface area contributed by atoms with Gasteiger partial charge in [0.25, 0.3) is 16.8 Å². The Morgan fingerprint density at radius 1 is 1.00 bits per heavy atom. The number of nitrogens with zero attached hydrogens (tertiary/aromatic N) is 3. The maximum atomic E-state index is 12.9. The van der Waals surface area contributed by atoms with Crippen molar-refractivity contribution >= 4 is 34.7 Å². The molecule has 0 aliphatic carbocycles. The molecule has 2 heterocycles. The Hall–Kier alpha value is -3.65. The molecule has 0 radical (unpaired) electrons. The van der Waals surface area contributed by atoms with Gasteiger partial charge in [0.2, 0.25) is 0 Å². The molecule has 0 spiro atoms. The van der Waals surface area contributed by atoms with Gasteiger partial charge in [0.15, 0.2) is 0 Å². The van der Waals surface area contributed by atoms with Crippen molar-refractivity contribution < 1.29 is 14.5 Å². The summed E-state index contributed by atoms with van der Waals surface area (Å²) in [5.74, 6) is -0.439. The van der Waals surface area contributed by atoms with Crippen LogP contribution in [0.2, 0.25) is 0 Å². The molecule has 0 N–H and O–H groups in total. The minimum Gasteiger partial charge on any atom is -0.344 e. The first-order chi connectivity index (χ1) is 15.3. The smallest absolute Gasteiger partial charge is 0.293 e. The lowest BCUT2D eigenvalue weighted by molar-refractivity contribution is -0.385. The largest absolute Gasteiger partial charge is 0.344 e. The average Bonchev–Trinajstić information content (AvgIpc) is 3.19. The molecule has 4 rings (SSSR count). The molecule has 8 heteroatoms. The maximum absolute atomic E-state index is 12.9.